The molecule has 5 nitrogen and oxygen atoms in total. The molecule has 1 N–H and O–H groups in total. The van der Waals surface area contributed by atoms with Gasteiger partial charge in [-0.05, 0) is 43.9 Å². The lowest BCUT2D eigenvalue weighted by Gasteiger charge is -2.12. The number of nitrogens with zero attached hydrogens (tertiary/aromatic N) is 1. The van der Waals surface area contributed by atoms with E-state index in [0.29, 0.717) is 6.61 Å². The molecule has 1 aliphatic carbocycles. The van der Waals surface area contributed by atoms with E-state index in [4.69, 9.17) is 14.5 Å². The van der Waals surface area contributed by atoms with Crippen LogP contribution in [0.25, 0.3) is 11.3 Å². The zero-order chi connectivity index (χ0) is 21.8. The summed E-state index contributed by atoms with van der Waals surface area (Å²) in [5.74, 6) is 0.703. The Bertz CT molecular complexity index is 1050. The van der Waals surface area contributed by atoms with Crippen LogP contribution in [0.5, 0.6) is 5.75 Å². The van der Waals surface area contributed by atoms with Crippen molar-refractivity contribution < 1.29 is 14.3 Å². The summed E-state index contributed by atoms with van der Waals surface area (Å²) in [5, 5.41) is 6.43. The van der Waals surface area contributed by atoms with E-state index in [1.165, 1.54) is 12.6 Å². The molecule has 0 saturated heterocycles. The van der Waals surface area contributed by atoms with Gasteiger partial charge in [-0.2, -0.15) is 0 Å². The Balaban J connectivity index is 1.46. The topological polar surface area (TPSA) is 60.5 Å². The first kappa shape index (κ1) is 21.4. The van der Waals surface area contributed by atoms with Crippen molar-refractivity contribution in [2.75, 3.05) is 12.4 Å². The molecule has 0 radical (unpaired) electrons. The zero-order valence-electron chi connectivity index (χ0n) is 18.2. The van der Waals surface area contributed by atoms with Crippen molar-refractivity contribution in [3.05, 3.63) is 59.0 Å². The van der Waals surface area contributed by atoms with E-state index in [1.54, 1.807) is 11.3 Å². The minimum absolute atomic E-state index is 0.0134. The molecule has 2 atom stereocenters. The molecule has 0 unspecified atom stereocenters. The second-order valence-corrected chi connectivity index (χ2v) is 9.04. The van der Waals surface area contributed by atoms with Gasteiger partial charge in [-0.3, -0.25) is 4.79 Å². The third-order valence-corrected chi connectivity index (χ3v) is 6.50. The van der Waals surface area contributed by atoms with Crippen LogP contribution < -0.4 is 15.5 Å². The van der Waals surface area contributed by atoms with Crippen LogP contribution in [0.15, 0.2) is 47.8 Å². The van der Waals surface area contributed by atoms with Crippen LogP contribution in [0.3, 0.4) is 0 Å². The highest BCUT2D eigenvalue weighted by atomic mass is 32.1. The van der Waals surface area contributed by atoms with Crippen LogP contribution >= 0.6 is 11.3 Å². The van der Waals surface area contributed by atoms with Crippen LogP contribution in [0, 0.1) is 12.8 Å². The predicted molar refractivity (Wildman–Crippen MR) is 128 cm³/mol. The largest absolute Gasteiger partial charge is 0.488 e. The number of methoxy groups -OCH3 is 1. The fourth-order valence-corrected chi connectivity index (χ4v) is 4.74. The third kappa shape index (κ3) is 5.28. The first-order valence-electron chi connectivity index (χ1n) is 10.6. The highest BCUT2D eigenvalue weighted by molar-refractivity contribution is 7.14. The van der Waals surface area contributed by atoms with E-state index < -0.39 is 0 Å². The highest BCUT2D eigenvalue weighted by Crippen LogP contribution is 2.35. The molecule has 31 heavy (non-hydrogen) atoms. The summed E-state index contributed by atoms with van der Waals surface area (Å²) in [5.41, 5.74) is 5.44. The van der Waals surface area contributed by atoms with E-state index in [9.17, 15) is 4.79 Å². The molecule has 160 valence electrons. The minimum Gasteiger partial charge on any atom is -0.488 e. The molecule has 4 rings (SSSR count). The van der Waals surface area contributed by atoms with Crippen molar-refractivity contribution in [3.63, 3.8) is 0 Å². The molecular weight excluding hydrogens is 407 g/mol. The lowest BCUT2D eigenvalue weighted by Crippen LogP contribution is -2.18. The third-order valence-electron chi connectivity index (χ3n) is 5.72. The summed E-state index contributed by atoms with van der Waals surface area (Å²) in [7, 11) is 3.54. The molecule has 0 amide bonds. The van der Waals surface area contributed by atoms with Gasteiger partial charge in [-0.1, -0.05) is 41.4 Å². The lowest BCUT2D eigenvalue weighted by molar-refractivity contribution is -0.145. The Morgan fingerprint density at radius 1 is 1.23 bits per heavy atom. The van der Waals surface area contributed by atoms with Crippen molar-refractivity contribution in [1.82, 2.24) is 4.98 Å². The molecule has 3 aromatic rings. The number of nitrogens with one attached hydrogen (secondary N) is 1. The fraction of sp³-hybridized carbons (Fsp3) is 0.333. The summed E-state index contributed by atoms with van der Waals surface area (Å²) in [6.07, 6.45) is 2.60. The van der Waals surface area contributed by atoms with Crippen molar-refractivity contribution in [2.24, 2.45) is 5.92 Å². The average molecular weight is 434 g/mol. The van der Waals surface area contributed by atoms with E-state index in [0.717, 1.165) is 52.5 Å². The summed E-state index contributed by atoms with van der Waals surface area (Å²) in [4.78, 5) is 16.6. The van der Waals surface area contributed by atoms with E-state index in [-0.39, 0.29) is 17.9 Å². The number of benzene rings is 2. The molecule has 7 heteroatoms. The average Bonchev–Trinajstić information content (AvgIpc) is 3.43. The first-order valence-corrected chi connectivity index (χ1v) is 11.5. The van der Waals surface area contributed by atoms with Gasteiger partial charge in [0.25, 0.3) is 0 Å². The minimum atomic E-state index is -0.112. The SMILES string of the molecule is Bc1ccc(COc2ccc(C)cc2-c2csc(N[C@@H]3CC[C@H](C(=O)OC)C3)n2)cc1. The quantitative estimate of drug-likeness (QED) is 0.454. The number of carbonyl (C=O) groups excluding carboxylic acids is 1. The van der Waals surface area contributed by atoms with Crippen molar-refractivity contribution in [2.45, 2.75) is 38.8 Å². The number of aryl methyl sites for hydroxylation is 1. The first-order chi connectivity index (χ1) is 15.0. The Labute approximate surface area is 188 Å². The molecular formula is C24H27BN2O3S. The maximum Gasteiger partial charge on any atom is 0.308 e. The molecule has 1 fully saturated rings. The summed E-state index contributed by atoms with van der Waals surface area (Å²) < 4.78 is 11.0. The van der Waals surface area contributed by atoms with Gasteiger partial charge < -0.3 is 14.8 Å². The van der Waals surface area contributed by atoms with E-state index in [1.807, 2.05) is 6.07 Å². The second-order valence-electron chi connectivity index (χ2n) is 8.19. The maximum absolute atomic E-state index is 11.8. The smallest absolute Gasteiger partial charge is 0.308 e. The molecule has 0 bridgehead atoms. The number of aromatic nitrogens is 1. The van der Waals surface area contributed by atoms with Gasteiger partial charge in [0.1, 0.15) is 20.2 Å². The van der Waals surface area contributed by atoms with Gasteiger partial charge in [-0.15, -0.1) is 11.3 Å². The molecule has 0 spiro atoms. The Kier molecular flexibility index (Phi) is 6.61. The second kappa shape index (κ2) is 9.56. The summed E-state index contributed by atoms with van der Waals surface area (Å²) in [6.45, 7) is 2.59. The van der Waals surface area contributed by atoms with E-state index in [2.05, 4.69) is 61.9 Å². The van der Waals surface area contributed by atoms with Crippen LogP contribution in [-0.2, 0) is 16.1 Å². The Morgan fingerprint density at radius 2 is 2.03 bits per heavy atom. The van der Waals surface area contributed by atoms with Crippen molar-refractivity contribution >= 4 is 35.7 Å². The van der Waals surface area contributed by atoms with Crippen LogP contribution in [0.1, 0.15) is 30.4 Å². The molecule has 1 saturated carbocycles. The van der Waals surface area contributed by atoms with Crippen molar-refractivity contribution in [1.29, 1.82) is 0 Å². The summed E-state index contributed by atoms with van der Waals surface area (Å²) in [6, 6.07) is 14.8. The van der Waals surface area contributed by atoms with Crippen LogP contribution in [0.2, 0.25) is 0 Å². The molecule has 1 aromatic heterocycles. The number of carbonyl (C=O) groups is 1. The number of hydrogen-bond acceptors (Lipinski definition) is 6. The Morgan fingerprint density at radius 3 is 2.81 bits per heavy atom. The Hall–Kier alpha value is -2.80. The number of esters is 1. The van der Waals surface area contributed by atoms with Gasteiger partial charge in [0.05, 0.1) is 18.7 Å². The molecule has 1 aliphatic rings. The monoisotopic (exact) mass is 434 g/mol. The standard InChI is InChI=1S/C24H27BN2O3S/c1-15-3-10-22(30-13-16-4-7-18(25)8-5-16)20(11-15)21-14-31-24(27-21)26-19-9-6-17(12-19)23(28)29-2/h3-5,7-8,10-11,14,17,19H,6,9,12-13,25H2,1-2H3,(H,26,27)/t17-,19+/m0/s1. The van der Waals surface area contributed by atoms with Crippen LogP contribution in [0.4, 0.5) is 5.13 Å². The van der Waals surface area contributed by atoms with Gasteiger partial charge in [0, 0.05) is 17.0 Å². The molecule has 2 aromatic carbocycles. The fourth-order valence-electron chi connectivity index (χ4n) is 3.95. The van der Waals surface area contributed by atoms with Gasteiger partial charge in [0.2, 0.25) is 0 Å². The molecule has 1 heterocycles. The van der Waals surface area contributed by atoms with Gasteiger partial charge in [-0.25, -0.2) is 4.98 Å². The number of hydrogen-bond donors (Lipinski definition) is 1. The zero-order valence-corrected chi connectivity index (χ0v) is 19.0. The van der Waals surface area contributed by atoms with Crippen molar-refractivity contribution in [3.8, 4) is 17.0 Å². The van der Waals surface area contributed by atoms with E-state index >= 15 is 0 Å². The lowest BCUT2D eigenvalue weighted by atomic mass is 9.95. The number of thiazole rings is 1. The summed E-state index contributed by atoms with van der Waals surface area (Å²) >= 11 is 1.58. The van der Waals surface area contributed by atoms with Gasteiger partial charge >= 0.3 is 5.97 Å². The number of rotatable bonds is 7. The number of ether oxygens (including phenoxy) is 2. The highest BCUT2D eigenvalue weighted by Gasteiger charge is 2.31. The van der Waals surface area contributed by atoms with Crippen LogP contribution in [-0.4, -0.2) is 32.0 Å². The normalized spacial score (nSPS) is 18.0. The number of anilines is 1. The maximum atomic E-state index is 11.8. The predicted octanol–water partition coefficient (Wildman–Crippen LogP) is 3.71. The molecule has 0 aliphatic heterocycles. The van der Waals surface area contributed by atoms with Gasteiger partial charge in [0.15, 0.2) is 5.13 Å².